The number of hydrogen-bond acceptors (Lipinski definition) is 5. The number of ether oxygens (including phenoxy) is 1. The third-order valence-corrected chi connectivity index (χ3v) is 3.31. The summed E-state index contributed by atoms with van der Waals surface area (Å²) in [6, 6.07) is 6.49. The van der Waals surface area contributed by atoms with Gasteiger partial charge in [0.1, 0.15) is 11.9 Å². The Bertz CT molecular complexity index is 896. The second-order valence-electron chi connectivity index (χ2n) is 5.04. The fourth-order valence-electron chi connectivity index (χ4n) is 2.11. The van der Waals surface area contributed by atoms with E-state index < -0.39 is 23.5 Å². The van der Waals surface area contributed by atoms with Gasteiger partial charge in [-0.1, -0.05) is 0 Å². The Morgan fingerprint density at radius 2 is 2.04 bits per heavy atom. The summed E-state index contributed by atoms with van der Waals surface area (Å²) >= 11 is 0. The first-order chi connectivity index (χ1) is 11.9. The van der Waals surface area contributed by atoms with Gasteiger partial charge in [-0.3, -0.25) is 9.59 Å². The number of Topliss-reactive ketones (excluding diaryl/α,β-unsaturated/α-hetero) is 1. The van der Waals surface area contributed by atoms with Crippen molar-refractivity contribution in [3.8, 4) is 6.07 Å². The normalized spacial score (nSPS) is 10.0. The molecule has 0 aliphatic heterocycles. The molecule has 0 fully saturated rings. The van der Waals surface area contributed by atoms with Crippen molar-refractivity contribution in [2.75, 3.05) is 11.9 Å². The molecule has 0 unspecified atom stereocenters. The molecule has 1 heterocycles. The summed E-state index contributed by atoms with van der Waals surface area (Å²) in [6.07, 6.45) is 1.37. The van der Waals surface area contributed by atoms with Gasteiger partial charge in [0.2, 0.25) is 0 Å². The summed E-state index contributed by atoms with van der Waals surface area (Å²) in [7, 11) is 1.51. The standard InChI is InChI=1S/C17H14FN3O4/c1-3-25-17(24)15(22)14-7-11(9-21(14)2)16(23)20-12-4-5-13(18)10(6-12)8-19/h4-7,9H,3H2,1-2H3,(H,20,23). The SMILES string of the molecule is CCOC(=O)C(=O)c1cc(C(=O)Nc2ccc(F)c(C#N)c2)cn1C. The highest BCUT2D eigenvalue weighted by Gasteiger charge is 2.23. The zero-order chi connectivity index (χ0) is 18.6. The maximum Gasteiger partial charge on any atom is 0.381 e. The lowest BCUT2D eigenvalue weighted by molar-refractivity contribution is -0.137. The largest absolute Gasteiger partial charge is 0.460 e. The molecule has 0 bridgehead atoms. The molecular formula is C17H14FN3O4. The van der Waals surface area contributed by atoms with Crippen molar-refractivity contribution in [2.24, 2.45) is 7.05 Å². The van der Waals surface area contributed by atoms with Gasteiger partial charge in [0.15, 0.2) is 0 Å². The average molecular weight is 343 g/mol. The van der Waals surface area contributed by atoms with E-state index in [0.717, 1.165) is 6.07 Å². The molecule has 0 saturated heterocycles. The monoisotopic (exact) mass is 343 g/mol. The van der Waals surface area contributed by atoms with Crippen LogP contribution in [0.15, 0.2) is 30.5 Å². The molecule has 0 saturated carbocycles. The highest BCUT2D eigenvalue weighted by molar-refractivity contribution is 6.40. The van der Waals surface area contributed by atoms with E-state index in [4.69, 9.17) is 5.26 Å². The summed E-state index contributed by atoms with van der Waals surface area (Å²) < 4.78 is 19.3. The molecule has 2 aromatic rings. The number of rotatable bonds is 5. The highest BCUT2D eigenvalue weighted by Crippen LogP contribution is 2.16. The first-order valence-corrected chi connectivity index (χ1v) is 7.26. The number of ketones is 1. The van der Waals surface area contributed by atoms with Gasteiger partial charge >= 0.3 is 5.97 Å². The number of nitriles is 1. The number of aryl methyl sites for hydroxylation is 1. The van der Waals surface area contributed by atoms with Crippen LogP contribution >= 0.6 is 0 Å². The fraction of sp³-hybridized carbons (Fsp3) is 0.176. The highest BCUT2D eigenvalue weighted by atomic mass is 19.1. The number of nitrogens with one attached hydrogen (secondary N) is 1. The summed E-state index contributed by atoms with van der Waals surface area (Å²) in [5, 5.41) is 11.3. The van der Waals surface area contributed by atoms with E-state index in [2.05, 4.69) is 10.1 Å². The first-order valence-electron chi connectivity index (χ1n) is 7.26. The quantitative estimate of drug-likeness (QED) is 0.508. The summed E-state index contributed by atoms with van der Waals surface area (Å²) in [6.45, 7) is 1.64. The molecular weight excluding hydrogens is 329 g/mol. The topological polar surface area (TPSA) is 101 Å². The third kappa shape index (κ3) is 3.90. The molecule has 8 heteroatoms. The number of benzene rings is 1. The van der Waals surface area contributed by atoms with Crippen LogP contribution in [-0.2, 0) is 16.6 Å². The molecule has 0 aliphatic carbocycles. The van der Waals surface area contributed by atoms with E-state index in [-0.39, 0.29) is 29.1 Å². The molecule has 1 aromatic heterocycles. The number of halogens is 1. The molecule has 1 amide bonds. The lowest BCUT2D eigenvalue weighted by atomic mass is 10.2. The maximum atomic E-state index is 13.3. The Labute approximate surface area is 142 Å². The van der Waals surface area contributed by atoms with Crippen LogP contribution in [0.4, 0.5) is 10.1 Å². The van der Waals surface area contributed by atoms with Crippen LogP contribution in [0.2, 0.25) is 0 Å². The van der Waals surface area contributed by atoms with Gasteiger partial charge in [0.25, 0.3) is 11.7 Å². The number of carbonyl (C=O) groups is 3. The van der Waals surface area contributed by atoms with Crippen LogP contribution < -0.4 is 5.32 Å². The second kappa shape index (κ2) is 7.40. The Morgan fingerprint density at radius 1 is 1.32 bits per heavy atom. The second-order valence-corrected chi connectivity index (χ2v) is 5.04. The molecule has 0 spiro atoms. The van der Waals surface area contributed by atoms with Gasteiger partial charge < -0.3 is 14.6 Å². The number of amides is 1. The Hall–Kier alpha value is -3.47. The van der Waals surface area contributed by atoms with E-state index in [1.807, 2.05) is 0 Å². The number of esters is 1. The van der Waals surface area contributed by atoms with Crippen LogP contribution in [0, 0.1) is 17.1 Å². The average Bonchev–Trinajstić information content (AvgIpc) is 2.98. The van der Waals surface area contributed by atoms with E-state index in [0.29, 0.717) is 0 Å². The first kappa shape index (κ1) is 17.9. The van der Waals surface area contributed by atoms with E-state index in [1.165, 1.54) is 36.0 Å². The zero-order valence-electron chi connectivity index (χ0n) is 13.5. The molecule has 2 rings (SSSR count). The minimum absolute atomic E-state index is 0.000389. The molecule has 1 aromatic carbocycles. The predicted molar refractivity (Wildman–Crippen MR) is 85.4 cm³/mol. The van der Waals surface area contributed by atoms with E-state index >= 15 is 0 Å². The Kier molecular flexibility index (Phi) is 5.29. The lowest BCUT2D eigenvalue weighted by Crippen LogP contribution is -2.19. The van der Waals surface area contributed by atoms with Crippen LogP contribution in [0.25, 0.3) is 0 Å². The van der Waals surface area contributed by atoms with Crippen molar-refractivity contribution >= 4 is 23.3 Å². The van der Waals surface area contributed by atoms with Crippen molar-refractivity contribution in [1.82, 2.24) is 4.57 Å². The van der Waals surface area contributed by atoms with Crippen LogP contribution in [0.1, 0.15) is 33.3 Å². The summed E-state index contributed by atoms with van der Waals surface area (Å²) in [5.74, 6) is -3.14. The molecule has 25 heavy (non-hydrogen) atoms. The molecule has 1 N–H and O–H groups in total. The lowest BCUT2D eigenvalue weighted by Gasteiger charge is -2.04. The summed E-state index contributed by atoms with van der Waals surface area (Å²) in [5.41, 5.74) is 0.146. The Balaban J connectivity index is 2.21. The van der Waals surface area contributed by atoms with Gasteiger partial charge in [-0.05, 0) is 31.2 Å². The minimum Gasteiger partial charge on any atom is -0.460 e. The smallest absolute Gasteiger partial charge is 0.381 e. The maximum absolute atomic E-state index is 13.3. The van der Waals surface area contributed by atoms with Crippen molar-refractivity contribution < 1.29 is 23.5 Å². The van der Waals surface area contributed by atoms with E-state index in [9.17, 15) is 18.8 Å². The zero-order valence-corrected chi connectivity index (χ0v) is 13.5. The molecule has 0 aliphatic rings. The van der Waals surface area contributed by atoms with Crippen LogP contribution in [-0.4, -0.2) is 28.8 Å². The molecule has 0 radical (unpaired) electrons. The molecule has 0 atom stereocenters. The number of nitrogens with zero attached hydrogens (tertiary/aromatic N) is 2. The third-order valence-electron chi connectivity index (χ3n) is 3.31. The van der Waals surface area contributed by atoms with Crippen LogP contribution in [0.5, 0.6) is 0 Å². The van der Waals surface area contributed by atoms with Crippen molar-refractivity contribution in [3.63, 3.8) is 0 Å². The van der Waals surface area contributed by atoms with Crippen molar-refractivity contribution in [3.05, 3.63) is 53.1 Å². The molecule has 7 nitrogen and oxygen atoms in total. The van der Waals surface area contributed by atoms with Gasteiger partial charge in [-0.15, -0.1) is 0 Å². The van der Waals surface area contributed by atoms with Gasteiger partial charge in [-0.25, -0.2) is 9.18 Å². The minimum atomic E-state index is -1.01. The number of carbonyl (C=O) groups excluding carboxylic acids is 3. The Morgan fingerprint density at radius 3 is 2.68 bits per heavy atom. The van der Waals surface area contributed by atoms with Gasteiger partial charge in [0.05, 0.1) is 23.4 Å². The van der Waals surface area contributed by atoms with Gasteiger partial charge in [-0.2, -0.15) is 5.26 Å². The fourth-order valence-corrected chi connectivity index (χ4v) is 2.11. The molecule has 128 valence electrons. The van der Waals surface area contributed by atoms with Crippen molar-refractivity contribution in [2.45, 2.75) is 6.92 Å². The summed E-state index contributed by atoms with van der Waals surface area (Å²) in [4.78, 5) is 35.7. The van der Waals surface area contributed by atoms with Crippen LogP contribution in [0.3, 0.4) is 0 Å². The predicted octanol–water partition coefficient (Wildman–Crippen LogP) is 2.03. The number of anilines is 1. The van der Waals surface area contributed by atoms with E-state index in [1.54, 1.807) is 13.0 Å². The van der Waals surface area contributed by atoms with Gasteiger partial charge in [0, 0.05) is 18.9 Å². The van der Waals surface area contributed by atoms with Crippen molar-refractivity contribution in [1.29, 1.82) is 5.26 Å². The number of hydrogen-bond donors (Lipinski definition) is 1. The number of aromatic nitrogens is 1.